The molecule has 4 aromatic heterocycles. The van der Waals surface area contributed by atoms with Gasteiger partial charge in [0.25, 0.3) is 0 Å². The molecule has 162 valence electrons. The van der Waals surface area contributed by atoms with E-state index >= 15 is 0 Å². The van der Waals surface area contributed by atoms with Crippen molar-refractivity contribution in [1.82, 2.24) is 19.4 Å². The highest BCUT2D eigenvalue weighted by Gasteiger charge is 2.30. The van der Waals surface area contributed by atoms with Crippen molar-refractivity contribution in [2.45, 2.75) is 12.8 Å². The molecule has 2 aliphatic carbocycles. The van der Waals surface area contributed by atoms with Crippen LogP contribution in [0.15, 0.2) is 85.5 Å². The number of benzene rings is 3. The van der Waals surface area contributed by atoms with Gasteiger partial charge < -0.3 is 0 Å². The van der Waals surface area contributed by atoms with Crippen LogP contribution in [0.4, 0.5) is 0 Å². The Bertz CT molecular complexity index is 2070. The Hall–Kier alpha value is -4.57. The number of imidazole rings is 1. The monoisotopic (exact) mass is 446 g/mol. The van der Waals surface area contributed by atoms with Crippen molar-refractivity contribution in [3.8, 4) is 22.3 Å². The van der Waals surface area contributed by atoms with Crippen LogP contribution in [-0.2, 0) is 12.8 Å². The summed E-state index contributed by atoms with van der Waals surface area (Å²) in [5, 5.41) is 3.29. The lowest BCUT2D eigenvalue weighted by Crippen LogP contribution is -1.94. The fourth-order valence-corrected chi connectivity index (χ4v) is 6.57. The summed E-state index contributed by atoms with van der Waals surface area (Å²) in [6, 6.07) is 22.2. The molecule has 3 aromatic carbocycles. The SMILES string of the molecule is c1ccc2c(c1)Cc1c-2ccc2c1Cc1ccc3nc4c5ccncc5c5cnccc5n4c3c1-2. The van der Waals surface area contributed by atoms with Crippen molar-refractivity contribution in [2.75, 3.05) is 0 Å². The molecule has 2 aliphatic rings. The summed E-state index contributed by atoms with van der Waals surface area (Å²) in [5.41, 5.74) is 15.6. The van der Waals surface area contributed by atoms with Gasteiger partial charge in [-0.1, -0.05) is 42.5 Å². The Morgan fingerprint density at radius 3 is 2.40 bits per heavy atom. The fraction of sp³-hybridized carbons (Fsp3) is 0.0645. The number of hydrogen-bond acceptors (Lipinski definition) is 3. The average Bonchev–Trinajstić information content (AvgIpc) is 3.59. The fourth-order valence-electron chi connectivity index (χ4n) is 6.57. The number of hydrogen-bond donors (Lipinski definition) is 0. The summed E-state index contributed by atoms with van der Waals surface area (Å²) in [6.45, 7) is 0. The Kier molecular flexibility index (Phi) is 3.11. The molecule has 0 amide bonds. The number of nitrogens with zero attached hydrogens (tertiary/aromatic N) is 4. The summed E-state index contributed by atoms with van der Waals surface area (Å²) in [4.78, 5) is 14.0. The Balaban J connectivity index is 1.44. The van der Waals surface area contributed by atoms with Crippen LogP contribution in [-0.4, -0.2) is 19.4 Å². The minimum atomic E-state index is 0.974. The largest absolute Gasteiger partial charge is 0.291 e. The van der Waals surface area contributed by atoms with Gasteiger partial charge in [0.2, 0.25) is 0 Å². The smallest absolute Gasteiger partial charge is 0.146 e. The van der Waals surface area contributed by atoms with Crippen LogP contribution in [0, 0.1) is 0 Å². The van der Waals surface area contributed by atoms with E-state index in [2.05, 4.69) is 75.0 Å². The molecule has 4 heteroatoms. The molecule has 0 fully saturated rings. The highest BCUT2D eigenvalue weighted by Crippen LogP contribution is 2.49. The van der Waals surface area contributed by atoms with Gasteiger partial charge in [0.1, 0.15) is 5.65 Å². The van der Waals surface area contributed by atoms with Gasteiger partial charge in [0, 0.05) is 46.5 Å². The molecule has 9 rings (SSSR count). The zero-order chi connectivity index (χ0) is 22.7. The van der Waals surface area contributed by atoms with Crippen LogP contribution in [0.5, 0.6) is 0 Å². The van der Waals surface area contributed by atoms with Crippen molar-refractivity contribution >= 4 is 38.4 Å². The third-order valence-electron chi connectivity index (χ3n) is 8.04. The van der Waals surface area contributed by atoms with Crippen LogP contribution in [0.25, 0.3) is 60.6 Å². The van der Waals surface area contributed by atoms with Crippen LogP contribution < -0.4 is 0 Å². The van der Waals surface area contributed by atoms with Crippen molar-refractivity contribution in [1.29, 1.82) is 0 Å². The van der Waals surface area contributed by atoms with E-state index in [0.717, 1.165) is 45.7 Å². The first-order chi connectivity index (χ1) is 17.4. The summed E-state index contributed by atoms with van der Waals surface area (Å²) >= 11 is 0. The minimum Gasteiger partial charge on any atom is -0.291 e. The summed E-state index contributed by atoms with van der Waals surface area (Å²) in [6.07, 6.45) is 9.60. The lowest BCUT2D eigenvalue weighted by Gasteiger charge is -2.11. The molecule has 0 N–H and O–H groups in total. The Labute approximate surface area is 200 Å². The van der Waals surface area contributed by atoms with Gasteiger partial charge in [-0.25, -0.2) is 4.98 Å². The predicted molar refractivity (Wildman–Crippen MR) is 140 cm³/mol. The second-order valence-corrected chi connectivity index (χ2v) is 9.68. The molecular formula is C31H18N4. The molecule has 0 aliphatic heterocycles. The van der Waals surface area contributed by atoms with Gasteiger partial charge in [-0.3, -0.25) is 14.4 Å². The van der Waals surface area contributed by atoms with E-state index in [1.807, 2.05) is 24.8 Å². The lowest BCUT2D eigenvalue weighted by molar-refractivity contribution is 1.16. The average molecular weight is 447 g/mol. The predicted octanol–water partition coefficient (Wildman–Crippen LogP) is 6.73. The first-order valence-corrected chi connectivity index (χ1v) is 12.0. The van der Waals surface area contributed by atoms with Gasteiger partial charge >= 0.3 is 0 Å². The Morgan fingerprint density at radius 2 is 1.43 bits per heavy atom. The molecule has 0 radical (unpaired) electrons. The number of rotatable bonds is 0. The van der Waals surface area contributed by atoms with E-state index in [4.69, 9.17) is 4.98 Å². The number of fused-ring (bicyclic) bond motifs is 16. The molecule has 4 nitrogen and oxygen atoms in total. The summed E-state index contributed by atoms with van der Waals surface area (Å²) in [7, 11) is 0. The number of pyridine rings is 3. The molecule has 0 saturated heterocycles. The van der Waals surface area contributed by atoms with E-state index < -0.39 is 0 Å². The highest BCUT2D eigenvalue weighted by molar-refractivity contribution is 6.15. The zero-order valence-corrected chi connectivity index (χ0v) is 18.8. The van der Waals surface area contributed by atoms with E-state index in [1.54, 1.807) is 0 Å². The molecule has 0 unspecified atom stereocenters. The second kappa shape index (κ2) is 6.10. The molecule has 7 aromatic rings. The van der Waals surface area contributed by atoms with Crippen molar-refractivity contribution in [3.05, 3.63) is 108 Å². The van der Waals surface area contributed by atoms with E-state index in [1.165, 1.54) is 50.0 Å². The van der Waals surface area contributed by atoms with Gasteiger partial charge in [-0.05, 0) is 70.0 Å². The van der Waals surface area contributed by atoms with E-state index in [9.17, 15) is 0 Å². The lowest BCUT2D eigenvalue weighted by atomic mass is 9.96. The highest BCUT2D eigenvalue weighted by atomic mass is 15.0. The maximum absolute atomic E-state index is 5.16. The van der Waals surface area contributed by atoms with E-state index in [0.29, 0.717) is 0 Å². The number of aromatic nitrogens is 4. The van der Waals surface area contributed by atoms with Crippen LogP contribution >= 0.6 is 0 Å². The minimum absolute atomic E-state index is 0.974. The quantitative estimate of drug-likeness (QED) is 0.243. The molecule has 0 spiro atoms. The van der Waals surface area contributed by atoms with Crippen molar-refractivity contribution < 1.29 is 0 Å². The standard InChI is InChI=1S/C31H18N4/c1-2-4-19-17(3-1)13-23-20(19)6-7-21-24(23)14-18-5-8-27-30(29(18)21)35-28-10-12-33-16-26(28)25-15-32-11-9-22(25)31(35)34-27/h1-12,15-16H,13-14H2. The maximum atomic E-state index is 5.16. The maximum Gasteiger partial charge on any atom is 0.146 e. The van der Waals surface area contributed by atoms with Gasteiger partial charge in [-0.15, -0.1) is 0 Å². The van der Waals surface area contributed by atoms with Crippen molar-refractivity contribution in [3.63, 3.8) is 0 Å². The normalized spacial score (nSPS) is 13.5. The first-order valence-electron chi connectivity index (χ1n) is 12.0. The zero-order valence-electron chi connectivity index (χ0n) is 18.8. The first kappa shape index (κ1) is 17.8. The summed E-state index contributed by atoms with van der Waals surface area (Å²) in [5.74, 6) is 0. The van der Waals surface area contributed by atoms with Crippen LogP contribution in [0.1, 0.15) is 22.3 Å². The third kappa shape index (κ3) is 2.11. The van der Waals surface area contributed by atoms with Crippen molar-refractivity contribution in [2.24, 2.45) is 0 Å². The van der Waals surface area contributed by atoms with Crippen LogP contribution in [0.3, 0.4) is 0 Å². The molecule has 4 heterocycles. The van der Waals surface area contributed by atoms with Gasteiger partial charge in [0.05, 0.1) is 16.6 Å². The third-order valence-corrected chi connectivity index (χ3v) is 8.04. The van der Waals surface area contributed by atoms with E-state index in [-0.39, 0.29) is 0 Å². The van der Waals surface area contributed by atoms with Crippen LogP contribution in [0.2, 0.25) is 0 Å². The second-order valence-electron chi connectivity index (χ2n) is 9.68. The molecular weight excluding hydrogens is 428 g/mol. The molecule has 0 saturated carbocycles. The molecule has 0 bridgehead atoms. The summed E-state index contributed by atoms with van der Waals surface area (Å²) < 4.78 is 2.35. The molecule has 0 atom stereocenters. The molecule has 35 heavy (non-hydrogen) atoms. The van der Waals surface area contributed by atoms with Gasteiger partial charge in [-0.2, -0.15) is 0 Å². The Morgan fingerprint density at radius 1 is 0.629 bits per heavy atom. The topological polar surface area (TPSA) is 43.1 Å². The van der Waals surface area contributed by atoms with Gasteiger partial charge in [0.15, 0.2) is 0 Å².